The second kappa shape index (κ2) is 6.30. The van der Waals surface area contributed by atoms with Crippen LogP contribution in [0.2, 0.25) is 0 Å². The molecule has 0 saturated carbocycles. The fraction of sp³-hybridized carbons (Fsp3) is 0.182. The minimum atomic E-state index is 0.695. The van der Waals surface area contributed by atoms with Crippen LogP contribution in [0.5, 0.6) is 0 Å². The lowest BCUT2D eigenvalue weighted by Gasteiger charge is -2.14. The number of benzene rings is 2. The quantitative estimate of drug-likeness (QED) is 0.515. The smallest absolute Gasteiger partial charge is 0.224 e. The summed E-state index contributed by atoms with van der Waals surface area (Å²) in [5.41, 5.74) is 7.19. The molecule has 0 atom stereocenters. The summed E-state index contributed by atoms with van der Waals surface area (Å²) in [5.74, 6) is 0.695. The van der Waals surface area contributed by atoms with Gasteiger partial charge in [-0.3, -0.25) is 0 Å². The van der Waals surface area contributed by atoms with Gasteiger partial charge in [-0.1, -0.05) is 29.8 Å². The number of nitrogens with zero attached hydrogens (tertiary/aromatic N) is 4. The van der Waals surface area contributed by atoms with Crippen molar-refractivity contribution < 1.29 is 4.57 Å². The van der Waals surface area contributed by atoms with Crippen molar-refractivity contribution in [1.82, 2.24) is 15.0 Å². The van der Waals surface area contributed by atoms with Crippen LogP contribution in [0.25, 0.3) is 33.4 Å². The molecule has 4 rings (SSSR count). The first kappa shape index (κ1) is 16.3. The van der Waals surface area contributed by atoms with E-state index in [2.05, 4.69) is 89.9 Å². The van der Waals surface area contributed by atoms with Crippen LogP contribution in [0.15, 0.2) is 55.2 Å². The van der Waals surface area contributed by atoms with Gasteiger partial charge in [0.15, 0.2) is 12.0 Å². The minimum absolute atomic E-state index is 0.695. The highest BCUT2D eigenvalue weighted by molar-refractivity contribution is 5.99. The molecule has 0 saturated heterocycles. The Hall–Kier alpha value is -3.14. The van der Waals surface area contributed by atoms with Crippen LogP contribution in [0.4, 0.5) is 0 Å². The van der Waals surface area contributed by atoms with Crippen LogP contribution in [-0.4, -0.2) is 15.0 Å². The summed E-state index contributed by atoms with van der Waals surface area (Å²) in [6.07, 6.45) is 5.29. The van der Waals surface area contributed by atoms with Gasteiger partial charge in [0.2, 0.25) is 5.69 Å². The second-order valence-corrected chi connectivity index (χ2v) is 6.77. The molecule has 2 aromatic carbocycles. The normalized spacial score (nSPS) is 11.1. The first-order valence-electron chi connectivity index (χ1n) is 8.68. The van der Waals surface area contributed by atoms with Gasteiger partial charge in [0.25, 0.3) is 0 Å². The number of hydrogen-bond acceptors (Lipinski definition) is 3. The fourth-order valence-corrected chi connectivity index (χ4v) is 3.62. The first-order valence-corrected chi connectivity index (χ1v) is 8.68. The van der Waals surface area contributed by atoms with Gasteiger partial charge < -0.3 is 0 Å². The number of aromatic nitrogens is 4. The van der Waals surface area contributed by atoms with E-state index in [9.17, 15) is 0 Å². The average molecular weight is 341 g/mol. The first-order chi connectivity index (χ1) is 12.6. The molecule has 4 heteroatoms. The largest absolute Gasteiger partial charge is 0.225 e. The zero-order valence-corrected chi connectivity index (χ0v) is 15.5. The van der Waals surface area contributed by atoms with Crippen molar-refractivity contribution in [1.29, 1.82) is 0 Å². The molecule has 4 nitrogen and oxygen atoms in total. The molecule has 0 amide bonds. The third-order valence-electron chi connectivity index (χ3n) is 4.94. The summed E-state index contributed by atoms with van der Waals surface area (Å²) in [6, 6.07) is 12.8. The topological polar surface area (TPSA) is 42.6 Å². The van der Waals surface area contributed by atoms with E-state index in [0.29, 0.717) is 5.82 Å². The Balaban J connectivity index is 2.19. The maximum absolute atomic E-state index is 4.47. The predicted octanol–water partition coefficient (Wildman–Crippen LogP) is 4.11. The van der Waals surface area contributed by atoms with Crippen LogP contribution >= 0.6 is 0 Å². The van der Waals surface area contributed by atoms with E-state index in [4.69, 9.17) is 0 Å². The van der Waals surface area contributed by atoms with E-state index < -0.39 is 0 Å². The maximum atomic E-state index is 4.47. The second-order valence-electron chi connectivity index (χ2n) is 6.77. The van der Waals surface area contributed by atoms with Crippen LogP contribution in [0.3, 0.4) is 0 Å². The van der Waals surface area contributed by atoms with Gasteiger partial charge in [-0.2, -0.15) is 4.57 Å². The lowest BCUT2D eigenvalue weighted by atomic mass is 9.92. The number of aryl methyl sites for hydroxylation is 3. The molecule has 0 N–H and O–H groups in total. The van der Waals surface area contributed by atoms with Crippen LogP contribution in [0.1, 0.15) is 16.7 Å². The van der Waals surface area contributed by atoms with E-state index in [-0.39, 0.29) is 0 Å². The SMILES string of the molecule is Cc1cc(C)c(C)c(-c2c(-c3ncncn3)c3ccccc3c[n+]2C)c1. The summed E-state index contributed by atoms with van der Waals surface area (Å²) >= 11 is 0. The highest BCUT2D eigenvalue weighted by atomic mass is 15.0. The number of rotatable bonds is 2. The summed E-state index contributed by atoms with van der Waals surface area (Å²) in [6.45, 7) is 6.48. The molecule has 0 spiro atoms. The Morgan fingerprint density at radius 3 is 2.42 bits per heavy atom. The molecule has 0 aliphatic heterocycles. The molecule has 4 aromatic rings. The highest BCUT2D eigenvalue weighted by Gasteiger charge is 2.25. The molecule has 128 valence electrons. The molecular weight excluding hydrogens is 320 g/mol. The van der Waals surface area contributed by atoms with Crippen molar-refractivity contribution in [2.75, 3.05) is 0 Å². The molecule has 0 unspecified atom stereocenters. The molecule has 0 fully saturated rings. The van der Waals surface area contributed by atoms with Gasteiger partial charge in [-0.05, 0) is 44.0 Å². The third-order valence-corrected chi connectivity index (χ3v) is 4.94. The van der Waals surface area contributed by atoms with E-state index >= 15 is 0 Å². The van der Waals surface area contributed by atoms with Gasteiger partial charge in [0.05, 0.1) is 11.1 Å². The van der Waals surface area contributed by atoms with Gasteiger partial charge in [-0.25, -0.2) is 15.0 Å². The number of pyridine rings is 1. The van der Waals surface area contributed by atoms with Crippen LogP contribution in [-0.2, 0) is 7.05 Å². The molecule has 0 aliphatic carbocycles. The zero-order chi connectivity index (χ0) is 18.3. The predicted molar refractivity (Wildman–Crippen MR) is 104 cm³/mol. The van der Waals surface area contributed by atoms with E-state index in [1.54, 1.807) is 12.7 Å². The van der Waals surface area contributed by atoms with Gasteiger partial charge in [0, 0.05) is 10.8 Å². The lowest BCUT2D eigenvalue weighted by Crippen LogP contribution is -2.32. The summed E-state index contributed by atoms with van der Waals surface area (Å²) in [4.78, 5) is 12.9. The zero-order valence-electron chi connectivity index (χ0n) is 15.5. The van der Waals surface area contributed by atoms with Gasteiger partial charge in [0.1, 0.15) is 19.7 Å². The third kappa shape index (κ3) is 2.64. The number of fused-ring (bicyclic) bond motifs is 1. The number of hydrogen-bond donors (Lipinski definition) is 0. The molecule has 2 aromatic heterocycles. The Morgan fingerprint density at radius 1 is 0.923 bits per heavy atom. The molecule has 26 heavy (non-hydrogen) atoms. The highest BCUT2D eigenvalue weighted by Crippen LogP contribution is 2.36. The molecule has 0 aliphatic rings. The van der Waals surface area contributed by atoms with Crippen LogP contribution < -0.4 is 4.57 Å². The van der Waals surface area contributed by atoms with Crippen molar-refractivity contribution in [3.05, 3.63) is 71.9 Å². The Bertz CT molecular complexity index is 1120. The summed E-state index contributed by atoms with van der Waals surface area (Å²) in [7, 11) is 2.09. The Kier molecular flexibility index (Phi) is 3.96. The van der Waals surface area contributed by atoms with Crippen molar-refractivity contribution in [3.8, 4) is 22.6 Å². The standard InChI is InChI=1S/C22H21N4/c1-14-9-15(2)16(3)19(10-14)21-20(22-24-12-23-13-25-22)18-8-6-5-7-17(18)11-26(21)4/h5-13H,1-4H3/q+1. The molecule has 2 heterocycles. The lowest BCUT2D eigenvalue weighted by molar-refractivity contribution is -0.658. The fourth-order valence-electron chi connectivity index (χ4n) is 3.62. The van der Waals surface area contributed by atoms with Crippen molar-refractivity contribution in [2.45, 2.75) is 20.8 Å². The van der Waals surface area contributed by atoms with E-state index in [1.165, 1.54) is 22.3 Å². The van der Waals surface area contributed by atoms with Crippen LogP contribution in [0, 0.1) is 20.8 Å². The van der Waals surface area contributed by atoms with Crippen molar-refractivity contribution in [3.63, 3.8) is 0 Å². The van der Waals surface area contributed by atoms with E-state index in [1.807, 2.05) is 0 Å². The monoisotopic (exact) mass is 341 g/mol. The van der Waals surface area contributed by atoms with Crippen molar-refractivity contribution >= 4 is 10.8 Å². The Morgan fingerprint density at radius 2 is 1.65 bits per heavy atom. The average Bonchev–Trinajstić information content (AvgIpc) is 2.64. The molecule has 0 bridgehead atoms. The van der Waals surface area contributed by atoms with Gasteiger partial charge >= 0.3 is 0 Å². The molecule has 0 radical (unpaired) electrons. The summed E-state index contributed by atoms with van der Waals surface area (Å²) < 4.78 is 2.18. The summed E-state index contributed by atoms with van der Waals surface area (Å²) in [5, 5.41) is 2.31. The van der Waals surface area contributed by atoms with Crippen molar-refractivity contribution in [2.24, 2.45) is 7.05 Å². The van der Waals surface area contributed by atoms with E-state index in [0.717, 1.165) is 22.0 Å². The Labute approximate surface area is 153 Å². The maximum Gasteiger partial charge on any atom is 0.224 e. The molecular formula is C22H21N4+. The minimum Gasteiger partial charge on any atom is -0.225 e. The van der Waals surface area contributed by atoms with Gasteiger partial charge in [-0.15, -0.1) is 0 Å².